The summed E-state index contributed by atoms with van der Waals surface area (Å²) in [7, 11) is 0. The van der Waals surface area contributed by atoms with Crippen molar-refractivity contribution >= 4 is 22.8 Å². The Balaban J connectivity index is 0.000000420. The van der Waals surface area contributed by atoms with Crippen LogP contribution >= 0.6 is 0 Å². The molecule has 1 aliphatic rings. The van der Waals surface area contributed by atoms with Crippen molar-refractivity contribution in [2.45, 2.75) is 33.2 Å². The first-order valence-electron chi connectivity index (χ1n) is 9.15. The van der Waals surface area contributed by atoms with Crippen molar-refractivity contribution in [3.8, 4) is 0 Å². The quantitative estimate of drug-likeness (QED) is 0.627. The summed E-state index contributed by atoms with van der Waals surface area (Å²) in [6.07, 6.45) is 2.32. The molecule has 0 unspecified atom stereocenters. The minimum absolute atomic E-state index is 0.103. The molecule has 0 atom stereocenters. The van der Waals surface area contributed by atoms with E-state index in [4.69, 9.17) is 25.5 Å². The Bertz CT molecular complexity index is 806. The number of rotatable bonds is 3. The molecule has 0 radical (unpaired) electrons. The number of carboxylic acid groups (broad SMARTS) is 2. The lowest BCUT2D eigenvalue weighted by Gasteiger charge is -2.31. The van der Waals surface area contributed by atoms with Gasteiger partial charge in [-0.1, -0.05) is 12.1 Å². The molecule has 1 aromatic carbocycles. The van der Waals surface area contributed by atoms with Gasteiger partial charge < -0.3 is 20.9 Å². The number of likely N-dealkylation sites (tertiary alicyclic amines) is 1. The van der Waals surface area contributed by atoms with E-state index in [1.54, 1.807) is 6.07 Å². The van der Waals surface area contributed by atoms with E-state index < -0.39 is 11.9 Å². The SMILES string of the molecule is CC(=O)O.CC(=O)O.NCC1CCN(Cc2cc(=O)c3ccccc3[nH]2)CC1. The zero-order valence-electron chi connectivity index (χ0n) is 16.4. The minimum atomic E-state index is -0.833. The van der Waals surface area contributed by atoms with E-state index in [9.17, 15) is 4.79 Å². The third-order valence-corrected chi connectivity index (χ3v) is 4.23. The molecule has 2 heterocycles. The van der Waals surface area contributed by atoms with Gasteiger partial charge in [-0.3, -0.25) is 19.3 Å². The molecule has 0 saturated carbocycles. The second kappa shape index (κ2) is 11.9. The Labute approximate surface area is 164 Å². The Hall–Kier alpha value is -2.71. The molecule has 0 spiro atoms. The summed E-state index contributed by atoms with van der Waals surface area (Å²) < 4.78 is 0. The van der Waals surface area contributed by atoms with Gasteiger partial charge in [-0.25, -0.2) is 0 Å². The van der Waals surface area contributed by atoms with E-state index in [-0.39, 0.29) is 5.43 Å². The second-order valence-electron chi connectivity index (χ2n) is 6.70. The van der Waals surface area contributed by atoms with Crippen LogP contribution in [0.15, 0.2) is 35.1 Å². The molecular weight excluding hydrogens is 362 g/mol. The molecule has 1 saturated heterocycles. The number of H-pyrrole nitrogens is 1. The number of hydrogen-bond donors (Lipinski definition) is 4. The highest BCUT2D eigenvalue weighted by molar-refractivity contribution is 5.78. The molecule has 8 heteroatoms. The van der Waals surface area contributed by atoms with E-state index >= 15 is 0 Å². The highest BCUT2D eigenvalue weighted by Gasteiger charge is 2.18. The van der Waals surface area contributed by atoms with Gasteiger partial charge in [0.1, 0.15) is 0 Å². The van der Waals surface area contributed by atoms with Crippen molar-refractivity contribution in [1.82, 2.24) is 9.88 Å². The smallest absolute Gasteiger partial charge is 0.300 e. The van der Waals surface area contributed by atoms with Crippen molar-refractivity contribution in [3.05, 3.63) is 46.2 Å². The molecule has 5 N–H and O–H groups in total. The van der Waals surface area contributed by atoms with Crippen LogP contribution in [0, 0.1) is 5.92 Å². The fraction of sp³-hybridized carbons (Fsp3) is 0.450. The molecule has 1 fully saturated rings. The summed E-state index contributed by atoms with van der Waals surface area (Å²) in [5.41, 5.74) is 7.74. The van der Waals surface area contributed by atoms with Gasteiger partial charge in [0.15, 0.2) is 5.43 Å². The van der Waals surface area contributed by atoms with E-state index in [2.05, 4.69) is 9.88 Å². The molecule has 2 aromatic rings. The second-order valence-corrected chi connectivity index (χ2v) is 6.70. The van der Waals surface area contributed by atoms with E-state index in [0.717, 1.165) is 69.5 Å². The highest BCUT2D eigenvalue weighted by Crippen LogP contribution is 2.17. The number of carboxylic acids is 2. The van der Waals surface area contributed by atoms with Gasteiger partial charge in [-0.05, 0) is 50.5 Å². The normalized spacial score (nSPS) is 14.4. The number of nitrogens with two attached hydrogens (primary N) is 1. The van der Waals surface area contributed by atoms with Crippen LogP contribution in [0.3, 0.4) is 0 Å². The number of piperidine rings is 1. The summed E-state index contributed by atoms with van der Waals surface area (Å²) in [4.78, 5) is 35.9. The van der Waals surface area contributed by atoms with Crippen LogP contribution < -0.4 is 11.2 Å². The molecule has 8 nitrogen and oxygen atoms in total. The van der Waals surface area contributed by atoms with Crippen molar-refractivity contribution in [2.75, 3.05) is 19.6 Å². The third-order valence-electron chi connectivity index (χ3n) is 4.23. The summed E-state index contributed by atoms with van der Waals surface area (Å²) in [6, 6.07) is 9.41. The maximum Gasteiger partial charge on any atom is 0.300 e. The largest absolute Gasteiger partial charge is 0.481 e. The Kier molecular flexibility index (Phi) is 9.91. The molecule has 3 rings (SSSR count). The average molecular weight is 391 g/mol. The van der Waals surface area contributed by atoms with Crippen molar-refractivity contribution < 1.29 is 19.8 Å². The van der Waals surface area contributed by atoms with Gasteiger partial charge in [0.25, 0.3) is 11.9 Å². The lowest BCUT2D eigenvalue weighted by molar-refractivity contribution is -0.135. The minimum Gasteiger partial charge on any atom is -0.481 e. The number of aromatic nitrogens is 1. The number of fused-ring (bicyclic) bond motifs is 1. The van der Waals surface area contributed by atoms with Crippen LogP contribution in [0.4, 0.5) is 0 Å². The van der Waals surface area contributed by atoms with E-state index in [1.807, 2.05) is 24.3 Å². The Morgan fingerprint density at radius 1 is 1.14 bits per heavy atom. The molecule has 1 aliphatic heterocycles. The molecule has 0 bridgehead atoms. The van der Waals surface area contributed by atoms with Gasteiger partial charge >= 0.3 is 0 Å². The number of aliphatic carboxylic acids is 2. The average Bonchev–Trinajstić information content (AvgIpc) is 2.61. The Morgan fingerprint density at radius 2 is 1.68 bits per heavy atom. The maximum absolute atomic E-state index is 12.1. The van der Waals surface area contributed by atoms with Crippen LogP contribution in [0.2, 0.25) is 0 Å². The van der Waals surface area contributed by atoms with Crippen molar-refractivity contribution in [3.63, 3.8) is 0 Å². The number of nitrogens with one attached hydrogen (secondary N) is 1. The van der Waals surface area contributed by atoms with Gasteiger partial charge in [0.2, 0.25) is 0 Å². The van der Waals surface area contributed by atoms with Gasteiger partial charge in [-0.2, -0.15) is 0 Å². The van der Waals surface area contributed by atoms with Crippen molar-refractivity contribution in [1.29, 1.82) is 0 Å². The zero-order chi connectivity index (χ0) is 21.1. The van der Waals surface area contributed by atoms with Crippen molar-refractivity contribution in [2.24, 2.45) is 11.7 Å². The lowest BCUT2D eigenvalue weighted by Crippen LogP contribution is -2.36. The summed E-state index contributed by atoms with van der Waals surface area (Å²) in [5, 5.41) is 15.6. The number of pyridine rings is 1. The number of nitrogens with zero attached hydrogens (tertiary/aromatic N) is 1. The standard InChI is InChI=1S/C16H21N3O.2C2H4O2/c17-10-12-5-7-19(8-6-12)11-13-9-16(20)14-3-1-2-4-15(14)18-13;2*1-2(3)4/h1-4,9,12H,5-8,10-11,17H2,(H,18,20);2*1H3,(H,3,4). The number of aromatic amines is 1. The van der Waals surface area contributed by atoms with Crippen LogP contribution in [-0.2, 0) is 16.1 Å². The molecule has 0 amide bonds. The van der Waals surface area contributed by atoms with Gasteiger partial charge in [0, 0.05) is 43.1 Å². The fourth-order valence-electron chi connectivity index (χ4n) is 2.96. The third kappa shape index (κ3) is 8.79. The molecular formula is C20H29N3O5. The predicted octanol–water partition coefficient (Wildman–Crippen LogP) is 1.88. The summed E-state index contributed by atoms with van der Waals surface area (Å²) in [6.45, 7) is 5.91. The Morgan fingerprint density at radius 3 is 2.21 bits per heavy atom. The van der Waals surface area contributed by atoms with Gasteiger partial charge in [0.05, 0.1) is 0 Å². The van der Waals surface area contributed by atoms with Crippen LogP contribution in [0.25, 0.3) is 10.9 Å². The summed E-state index contributed by atoms with van der Waals surface area (Å²) in [5.74, 6) is -0.998. The fourth-order valence-corrected chi connectivity index (χ4v) is 2.96. The monoisotopic (exact) mass is 391 g/mol. The lowest BCUT2D eigenvalue weighted by atomic mass is 9.97. The van der Waals surface area contributed by atoms with E-state index in [0.29, 0.717) is 5.92 Å². The first kappa shape index (κ1) is 23.3. The number of benzene rings is 1. The maximum atomic E-state index is 12.1. The zero-order valence-corrected chi connectivity index (χ0v) is 16.4. The summed E-state index contributed by atoms with van der Waals surface area (Å²) >= 11 is 0. The number of carbonyl (C=O) groups is 2. The predicted molar refractivity (Wildman–Crippen MR) is 108 cm³/mol. The number of para-hydroxylation sites is 1. The first-order chi connectivity index (χ1) is 13.2. The number of hydrogen-bond acceptors (Lipinski definition) is 5. The van der Waals surface area contributed by atoms with Gasteiger partial charge in [-0.15, -0.1) is 0 Å². The molecule has 1 aromatic heterocycles. The molecule has 28 heavy (non-hydrogen) atoms. The highest BCUT2D eigenvalue weighted by atomic mass is 16.4. The van der Waals surface area contributed by atoms with E-state index in [1.165, 1.54) is 0 Å². The van der Waals surface area contributed by atoms with Crippen LogP contribution in [0.5, 0.6) is 0 Å². The molecule has 154 valence electrons. The first-order valence-corrected chi connectivity index (χ1v) is 9.15. The topological polar surface area (TPSA) is 137 Å². The van der Waals surface area contributed by atoms with Crippen LogP contribution in [-0.4, -0.2) is 51.7 Å². The molecule has 0 aliphatic carbocycles. The van der Waals surface area contributed by atoms with Crippen LogP contribution in [0.1, 0.15) is 32.4 Å².